The third-order valence-electron chi connectivity index (χ3n) is 3.00. The number of halogens is 1. The van der Waals surface area contributed by atoms with Gasteiger partial charge in [0.05, 0.1) is 4.90 Å². The molecule has 1 atom stereocenters. The lowest BCUT2D eigenvalue weighted by Crippen LogP contribution is -2.27. The number of nitrogens with one attached hydrogen (secondary N) is 1. The fourth-order valence-electron chi connectivity index (χ4n) is 2.06. The van der Waals surface area contributed by atoms with Crippen molar-refractivity contribution >= 4 is 10.0 Å². The zero-order valence-electron chi connectivity index (χ0n) is 11.5. The summed E-state index contributed by atoms with van der Waals surface area (Å²) in [5.74, 6) is 0.931. The summed E-state index contributed by atoms with van der Waals surface area (Å²) < 4.78 is 45.1. The quantitative estimate of drug-likeness (QED) is 0.943. The molecule has 4 nitrogen and oxygen atoms in total. The van der Waals surface area contributed by atoms with E-state index in [2.05, 4.69) is 4.72 Å². The lowest BCUT2D eigenvalue weighted by atomic mass is 10.1. The van der Waals surface area contributed by atoms with Gasteiger partial charge in [-0.15, -0.1) is 0 Å². The summed E-state index contributed by atoms with van der Waals surface area (Å²) >= 11 is 0. The van der Waals surface area contributed by atoms with Crippen molar-refractivity contribution in [1.82, 2.24) is 4.72 Å². The van der Waals surface area contributed by atoms with E-state index >= 15 is 0 Å². The number of rotatable bonds is 4. The van der Waals surface area contributed by atoms with E-state index in [4.69, 9.17) is 4.42 Å². The molecule has 1 N–H and O–H groups in total. The molecule has 0 aliphatic heterocycles. The van der Waals surface area contributed by atoms with Gasteiger partial charge >= 0.3 is 0 Å². The Kier molecular flexibility index (Phi) is 3.96. The lowest BCUT2D eigenvalue weighted by Gasteiger charge is -2.13. The Labute approximate surface area is 117 Å². The minimum atomic E-state index is -3.69. The first-order valence-corrected chi connectivity index (χ1v) is 7.63. The third kappa shape index (κ3) is 3.08. The van der Waals surface area contributed by atoms with Gasteiger partial charge in [0.15, 0.2) is 0 Å². The molecule has 1 aromatic heterocycles. The van der Waals surface area contributed by atoms with Crippen molar-refractivity contribution in [3.63, 3.8) is 0 Å². The minimum Gasteiger partial charge on any atom is -0.466 e. The predicted molar refractivity (Wildman–Crippen MR) is 73.3 cm³/mol. The Bertz CT molecular complexity index is 705. The van der Waals surface area contributed by atoms with Gasteiger partial charge in [0.1, 0.15) is 17.3 Å². The first kappa shape index (κ1) is 14.7. The van der Waals surface area contributed by atoms with Crippen LogP contribution in [-0.4, -0.2) is 8.42 Å². The van der Waals surface area contributed by atoms with E-state index in [9.17, 15) is 12.8 Å². The average molecular weight is 297 g/mol. The Morgan fingerprint density at radius 3 is 2.30 bits per heavy atom. The average Bonchev–Trinajstić information content (AvgIpc) is 2.68. The number of furan rings is 1. The molecule has 0 aliphatic carbocycles. The van der Waals surface area contributed by atoms with Crippen LogP contribution in [0.2, 0.25) is 0 Å². The third-order valence-corrected chi connectivity index (χ3v) is 4.56. The molecule has 0 bridgehead atoms. The Morgan fingerprint density at radius 1 is 1.20 bits per heavy atom. The monoisotopic (exact) mass is 297 g/mol. The smallest absolute Gasteiger partial charge is 0.241 e. The number of benzene rings is 1. The molecule has 2 rings (SSSR count). The minimum absolute atomic E-state index is 0.0311. The molecule has 0 spiro atoms. The van der Waals surface area contributed by atoms with Crippen LogP contribution in [0.25, 0.3) is 0 Å². The molecule has 2 aromatic rings. The van der Waals surface area contributed by atoms with Gasteiger partial charge in [0.25, 0.3) is 0 Å². The Morgan fingerprint density at radius 2 is 1.80 bits per heavy atom. The van der Waals surface area contributed by atoms with Crippen LogP contribution >= 0.6 is 0 Å². The maximum Gasteiger partial charge on any atom is 0.241 e. The van der Waals surface area contributed by atoms with Gasteiger partial charge in [-0.05, 0) is 51.1 Å². The van der Waals surface area contributed by atoms with E-state index in [1.54, 1.807) is 26.8 Å². The molecule has 0 radical (unpaired) electrons. The highest BCUT2D eigenvalue weighted by molar-refractivity contribution is 7.89. The number of sulfonamides is 1. The lowest BCUT2D eigenvalue weighted by molar-refractivity contribution is 0.496. The van der Waals surface area contributed by atoms with Crippen LogP contribution in [0.4, 0.5) is 4.39 Å². The van der Waals surface area contributed by atoms with E-state index in [-0.39, 0.29) is 4.90 Å². The zero-order valence-corrected chi connectivity index (χ0v) is 12.3. The summed E-state index contributed by atoms with van der Waals surface area (Å²) in [6, 6.07) is 6.07. The Balaban J connectivity index is 2.24. The highest BCUT2D eigenvalue weighted by atomic mass is 32.2. The second-order valence-corrected chi connectivity index (χ2v) is 6.38. The van der Waals surface area contributed by atoms with E-state index < -0.39 is 21.9 Å². The normalized spacial score (nSPS) is 13.4. The molecule has 0 saturated heterocycles. The molecule has 1 unspecified atom stereocenters. The van der Waals surface area contributed by atoms with Gasteiger partial charge in [-0.3, -0.25) is 0 Å². The molecule has 0 fully saturated rings. The highest BCUT2D eigenvalue weighted by Gasteiger charge is 2.21. The largest absolute Gasteiger partial charge is 0.466 e. The van der Waals surface area contributed by atoms with Crippen molar-refractivity contribution in [2.24, 2.45) is 0 Å². The Hall–Kier alpha value is -1.66. The molecule has 1 heterocycles. The van der Waals surface area contributed by atoms with Crippen LogP contribution in [0.1, 0.15) is 30.0 Å². The summed E-state index contributed by atoms with van der Waals surface area (Å²) in [5.41, 5.74) is 0.785. The summed E-state index contributed by atoms with van der Waals surface area (Å²) in [5, 5.41) is 0. The maximum atomic E-state index is 12.8. The van der Waals surface area contributed by atoms with Gasteiger partial charge < -0.3 is 4.42 Å². The summed E-state index contributed by atoms with van der Waals surface area (Å²) in [7, 11) is -3.69. The molecule has 6 heteroatoms. The van der Waals surface area contributed by atoms with Crippen molar-refractivity contribution in [3.8, 4) is 0 Å². The van der Waals surface area contributed by atoms with E-state index in [1.165, 1.54) is 12.1 Å². The van der Waals surface area contributed by atoms with Crippen LogP contribution in [0, 0.1) is 19.7 Å². The van der Waals surface area contributed by atoms with Crippen molar-refractivity contribution in [2.75, 3.05) is 0 Å². The van der Waals surface area contributed by atoms with Crippen LogP contribution in [0.3, 0.4) is 0 Å². The van der Waals surface area contributed by atoms with Crippen molar-refractivity contribution in [2.45, 2.75) is 31.7 Å². The van der Waals surface area contributed by atoms with Gasteiger partial charge in [-0.25, -0.2) is 17.5 Å². The van der Waals surface area contributed by atoms with Gasteiger partial charge in [-0.2, -0.15) is 0 Å². The summed E-state index contributed by atoms with van der Waals surface area (Å²) in [6.07, 6.45) is 0. The predicted octanol–water partition coefficient (Wildman–Crippen LogP) is 3.08. The molecule has 0 amide bonds. The van der Waals surface area contributed by atoms with E-state index in [0.29, 0.717) is 5.76 Å². The summed E-state index contributed by atoms with van der Waals surface area (Å²) in [6.45, 7) is 5.32. The molecule has 0 saturated carbocycles. The van der Waals surface area contributed by atoms with Crippen LogP contribution in [-0.2, 0) is 10.0 Å². The second-order valence-electron chi connectivity index (χ2n) is 4.67. The fourth-order valence-corrected chi connectivity index (χ4v) is 3.28. The first-order valence-electron chi connectivity index (χ1n) is 6.14. The molecular weight excluding hydrogens is 281 g/mol. The first-order chi connectivity index (χ1) is 9.29. The molecule has 0 aliphatic rings. The van der Waals surface area contributed by atoms with Crippen molar-refractivity contribution < 1.29 is 17.2 Å². The fraction of sp³-hybridized carbons (Fsp3) is 0.286. The molecular formula is C14H16FNO3S. The van der Waals surface area contributed by atoms with Gasteiger partial charge in [0, 0.05) is 11.6 Å². The van der Waals surface area contributed by atoms with Gasteiger partial charge in [0.2, 0.25) is 10.0 Å². The van der Waals surface area contributed by atoms with Crippen LogP contribution in [0.15, 0.2) is 39.6 Å². The SMILES string of the molecule is Cc1cc(C(C)NS(=O)(=O)c2ccc(F)cc2)c(C)o1. The maximum absolute atomic E-state index is 12.8. The second kappa shape index (κ2) is 5.38. The standard InChI is InChI=1S/C14H16FNO3S/c1-9-8-14(11(3)19-9)10(2)16-20(17,18)13-6-4-12(15)5-7-13/h4-8,10,16H,1-3H3. The number of aryl methyl sites for hydroxylation is 2. The number of hydrogen-bond donors (Lipinski definition) is 1. The van der Waals surface area contributed by atoms with Crippen molar-refractivity contribution in [3.05, 3.63) is 53.2 Å². The number of hydrogen-bond acceptors (Lipinski definition) is 3. The molecule has 108 valence electrons. The zero-order chi connectivity index (χ0) is 14.9. The molecule has 20 heavy (non-hydrogen) atoms. The van der Waals surface area contributed by atoms with Crippen LogP contribution < -0.4 is 4.72 Å². The van der Waals surface area contributed by atoms with Gasteiger partial charge in [-0.1, -0.05) is 0 Å². The van der Waals surface area contributed by atoms with E-state index in [0.717, 1.165) is 23.5 Å². The highest BCUT2D eigenvalue weighted by Crippen LogP contribution is 2.23. The topological polar surface area (TPSA) is 59.3 Å². The summed E-state index contributed by atoms with van der Waals surface area (Å²) in [4.78, 5) is 0.0311. The van der Waals surface area contributed by atoms with Crippen LogP contribution in [0.5, 0.6) is 0 Å². The van der Waals surface area contributed by atoms with Crippen molar-refractivity contribution in [1.29, 1.82) is 0 Å². The molecule has 1 aromatic carbocycles. The van der Waals surface area contributed by atoms with E-state index in [1.807, 2.05) is 0 Å².